The van der Waals surface area contributed by atoms with E-state index in [0.29, 0.717) is 12.2 Å². The second kappa shape index (κ2) is 11.0. The molecule has 0 spiro atoms. The molecule has 4 rings (SSSR count). The number of hydrogen-bond acceptors (Lipinski definition) is 2. The molecular formula is C30H33N3O. The van der Waals surface area contributed by atoms with Crippen molar-refractivity contribution in [3.63, 3.8) is 0 Å². The fourth-order valence-corrected chi connectivity index (χ4v) is 4.42. The molecule has 0 radical (unpaired) electrons. The monoisotopic (exact) mass is 451 g/mol. The molecule has 4 aromatic rings. The van der Waals surface area contributed by atoms with Crippen molar-refractivity contribution in [1.29, 1.82) is 0 Å². The normalized spacial score (nSPS) is 11.9. The molecule has 0 aliphatic rings. The second-order valence-electron chi connectivity index (χ2n) is 8.52. The fraction of sp³-hybridized carbons (Fsp3) is 0.267. The van der Waals surface area contributed by atoms with E-state index in [2.05, 4.69) is 62.5 Å². The number of benzene rings is 3. The molecule has 0 saturated carbocycles. The first-order valence-electron chi connectivity index (χ1n) is 12.3. The molecule has 1 heterocycles. The summed E-state index contributed by atoms with van der Waals surface area (Å²) < 4.78 is 2.04. The van der Waals surface area contributed by atoms with Gasteiger partial charge in [-0.1, -0.05) is 105 Å². The maximum absolute atomic E-state index is 13.9. The highest BCUT2D eigenvalue weighted by Gasteiger charge is 2.26. The molecule has 1 amide bonds. The summed E-state index contributed by atoms with van der Waals surface area (Å²) >= 11 is 0. The van der Waals surface area contributed by atoms with Crippen LogP contribution in [0, 0.1) is 0 Å². The van der Waals surface area contributed by atoms with Gasteiger partial charge in [-0.25, -0.2) is 4.98 Å². The van der Waals surface area contributed by atoms with E-state index in [-0.39, 0.29) is 11.9 Å². The van der Waals surface area contributed by atoms with E-state index in [1.165, 1.54) is 5.56 Å². The first kappa shape index (κ1) is 23.5. The topological polar surface area (TPSA) is 46.9 Å². The Hall–Kier alpha value is -3.66. The number of aromatic nitrogens is 2. The van der Waals surface area contributed by atoms with Crippen molar-refractivity contribution in [2.75, 3.05) is 0 Å². The van der Waals surface area contributed by atoms with E-state index in [1.807, 2.05) is 53.1 Å². The highest BCUT2D eigenvalue weighted by atomic mass is 16.2. The molecule has 34 heavy (non-hydrogen) atoms. The molecule has 0 fully saturated rings. The summed E-state index contributed by atoms with van der Waals surface area (Å²) in [5, 5.41) is 3.32. The van der Waals surface area contributed by atoms with Gasteiger partial charge in [0.2, 0.25) is 0 Å². The molecule has 0 aliphatic carbocycles. The van der Waals surface area contributed by atoms with E-state index >= 15 is 0 Å². The van der Waals surface area contributed by atoms with Gasteiger partial charge in [-0.15, -0.1) is 0 Å². The number of carbonyl (C=O) groups is 1. The lowest BCUT2D eigenvalue weighted by Crippen LogP contribution is -2.30. The van der Waals surface area contributed by atoms with Crippen molar-refractivity contribution in [2.24, 2.45) is 0 Å². The Morgan fingerprint density at radius 2 is 1.50 bits per heavy atom. The number of rotatable bonds is 9. The van der Waals surface area contributed by atoms with Gasteiger partial charge in [0, 0.05) is 17.7 Å². The van der Waals surface area contributed by atoms with Crippen LogP contribution in [0.1, 0.15) is 61.3 Å². The minimum absolute atomic E-state index is 0.0469. The van der Waals surface area contributed by atoms with Gasteiger partial charge in [0.15, 0.2) is 0 Å². The maximum atomic E-state index is 13.9. The lowest BCUT2D eigenvalue weighted by atomic mass is 10.0. The van der Waals surface area contributed by atoms with Crippen LogP contribution in [0.15, 0.2) is 84.9 Å². The Morgan fingerprint density at radius 3 is 2.09 bits per heavy atom. The number of imidazole rings is 1. The number of hydrogen-bond donors (Lipinski definition) is 1. The largest absolute Gasteiger partial charge is 0.344 e. The predicted octanol–water partition coefficient (Wildman–Crippen LogP) is 7.07. The van der Waals surface area contributed by atoms with Crippen LogP contribution in [0.5, 0.6) is 0 Å². The number of amides is 1. The van der Waals surface area contributed by atoms with Crippen LogP contribution < -0.4 is 5.32 Å². The summed E-state index contributed by atoms with van der Waals surface area (Å²) in [7, 11) is 0. The molecular weight excluding hydrogens is 418 g/mol. The minimum atomic E-state index is -0.0894. The number of nitrogens with one attached hydrogen (secondary N) is 1. The number of carbonyl (C=O) groups excluding carboxylic acids is 1. The van der Waals surface area contributed by atoms with Gasteiger partial charge in [-0.3, -0.25) is 4.79 Å². The summed E-state index contributed by atoms with van der Waals surface area (Å²) in [5.74, 6) is 0.725. The molecule has 1 aromatic heterocycles. The van der Waals surface area contributed by atoms with Crippen LogP contribution >= 0.6 is 0 Å². The van der Waals surface area contributed by atoms with E-state index in [1.54, 1.807) is 0 Å². The Labute approximate surface area is 202 Å². The summed E-state index contributed by atoms with van der Waals surface area (Å²) in [6, 6.07) is 28.7. The molecule has 0 bridgehead atoms. The van der Waals surface area contributed by atoms with Gasteiger partial charge in [0.1, 0.15) is 17.2 Å². The Kier molecular flexibility index (Phi) is 7.58. The van der Waals surface area contributed by atoms with Crippen LogP contribution in [0.25, 0.3) is 22.6 Å². The molecule has 174 valence electrons. The van der Waals surface area contributed by atoms with Crippen LogP contribution in [-0.2, 0) is 13.0 Å². The average Bonchev–Trinajstić information content (AvgIpc) is 3.29. The quantitative estimate of drug-likeness (QED) is 0.296. The molecule has 3 aromatic carbocycles. The summed E-state index contributed by atoms with van der Waals surface area (Å²) in [6.45, 7) is 7.00. The molecule has 0 aliphatic heterocycles. The molecule has 1 atom stereocenters. The zero-order valence-corrected chi connectivity index (χ0v) is 20.3. The van der Waals surface area contributed by atoms with Crippen molar-refractivity contribution < 1.29 is 4.79 Å². The smallest absolute Gasteiger partial charge is 0.270 e. The lowest BCUT2D eigenvalue weighted by molar-refractivity contribution is 0.0926. The van der Waals surface area contributed by atoms with Crippen LogP contribution in [0.2, 0.25) is 0 Å². The van der Waals surface area contributed by atoms with Gasteiger partial charge < -0.3 is 9.88 Å². The van der Waals surface area contributed by atoms with Crippen molar-refractivity contribution >= 4 is 5.91 Å². The average molecular weight is 452 g/mol. The first-order chi connectivity index (χ1) is 16.7. The third-order valence-corrected chi connectivity index (χ3v) is 6.25. The summed E-state index contributed by atoms with van der Waals surface area (Å²) in [5.41, 5.74) is 5.69. The summed E-state index contributed by atoms with van der Waals surface area (Å²) in [4.78, 5) is 18.9. The Bertz CT molecular complexity index is 1210. The standard InChI is InChI=1S/C30H33N3O/c1-4-13-26(23-14-9-7-10-15-23)31-30(34)28-27(24-20-18-22(5-2)19-21-24)32-29(33(28)6-3)25-16-11-8-12-17-25/h7-12,14-21,26H,4-6,13H2,1-3H3,(H,31,34). The molecule has 4 nitrogen and oxygen atoms in total. The van der Waals surface area contributed by atoms with Crippen molar-refractivity contribution in [3.05, 3.63) is 102 Å². The summed E-state index contributed by atoms with van der Waals surface area (Å²) in [6.07, 6.45) is 2.83. The molecule has 1 N–H and O–H groups in total. The van der Waals surface area contributed by atoms with Crippen molar-refractivity contribution in [3.8, 4) is 22.6 Å². The highest BCUT2D eigenvalue weighted by molar-refractivity contribution is 5.99. The second-order valence-corrected chi connectivity index (χ2v) is 8.52. The van der Waals surface area contributed by atoms with Gasteiger partial charge in [0.05, 0.1) is 6.04 Å². The zero-order chi connectivity index (χ0) is 23.9. The van der Waals surface area contributed by atoms with Gasteiger partial charge in [-0.2, -0.15) is 0 Å². The van der Waals surface area contributed by atoms with Crippen LogP contribution in [0.3, 0.4) is 0 Å². The first-order valence-corrected chi connectivity index (χ1v) is 12.3. The molecule has 4 heteroatoms. The van der Waals surface area contributed by atoms with Gasteiger partial charge >= 0.3 is 0 Å². The van der Waals surface area contributed by atoms with Crippen LogP contribution in [-0.4, -0.2) is 15.5 Å². The van der Waals surface area contributed by atoms with Gasteiger partial charge in [0.25, 0.3) is 5.91 Å². The van der Waals surface area contributed by atoms with E-state index in [0.717, 1.165) is 47.5 Å². The lowest BCUT2D eigenvalue weighted by Gasteiger charge is -2.20. The van der Waals surface area contributed by atoms with E-state index in [4.69, 9.17) is 4.98 Å². The van der Waals surface area contributed by atoms with Crippen molar-refractivity contribution in [2.45, 2.75) is 52.6 Å². The zero-order valence-electron chi connectivity index (χ0n) is 20.3. The third-order valence-electron chi connectivity index (χ3n) is 6.25. The molecule has 1 unspecified atom stereocenters. The van der Waals surface area contributed by atoms with Crippen molar-refractivity contribution in [1.82, 2.24) is 14.9 Å². The highest BCUT2D eigenvalue weighted by Crippen LogP contribution is 2.31. The van der Waals surface area contributed by atoms with Gasteiger partial charge in [-0.05, 0) is 30.9 Å². The fourth-order valence-electron chi connectivity index (χ4n) is 4.42. The number of nitrogens with zero attached hydrogens (tertiary/aromatic N) is 2. The van der Waals surface area contributed by atoms with Crippen LogP contribution in [0.4, 0.5) is 0 Å². The van der Waals surface area contributed by atoms with E-state index in [9.17, 15) is 4.79 Å². The maximum Gasteiger partial charge on any atom is 0.270 e. The SMILES string of the molecule is CCCC(NC(=O)c1c(-c2ccc(CC)cc2)nc(-c2ccccc2)n1CC)c1ccccc1. The Morgan fingerprint density at radius 1 is 0.853 bits per heavy atom. The molecule has 0 saturated heterocycles. The van der Waals surface area contributed by atoms with E-state index < -0.39 is 0 Å². The Balaban J connectivity index is 1.81. The minimum Gasteiger partial charge on any atom is -0.344 e. The number of aryl methyl sites for hydroxylation is 1. The predicted molar refractivity (Wildman–Crippen MR) is 140 cm³/mol. The third kappa shape index (κ3) is 4.96.